The second-order valence-electron chi connectivity index (χ2n) is 6.86. The molecule has 0 aliphatic heterocycles. The number of carbonyl (C=O) groups excluding carboxylic acids is 2. The molecular formula is C19H19BrN6O2. The third kappa shape index (κ3) is 3.75. The number of imidazole rings is 1. The summed E-state index contributed by atoms with van der Waals surface area (Å²) >= 11 is 3.42. The van der Waals surface area contributed by atoms with Crippen molar-refractivity contribution in [3.63, 3.8) is 0 Å². The van der Waals surface area contributed by atoms with Crippen molar-refractivity contribution in [3.8, 4) is 0 Å². The van der Waals surface area contributed by atoms with Crippen LogP contribution in [0.1, 0.15) is 46.1 Å². The molecule has 4 rings (SSSR count). The second kappa shape index (κ2) is 7.67. The van der Waals surface area contributed by atoms with Gasteiger partial charge >= 0.3 is 0 Å². The first-order valence-corrected chi connectivity index (χ1v) is 9.84. The highest BCUT2D eigenvalue weighted by molar-refractivity contribution is 9.10. The minimum atomic E-state index is -0.255. The lowest BCUT2D eigenvalue weighted by Gasteiger charge is -2.22. The Morgan fingerprint density at radius 3 is 2.57 bits per heavy atom. The van der Waals surface area contributed by atoms with Gasteiger partial charge < -0.3 is 15.6 Å². The summed E-state index contributed by atoms with van der Waals surface area (Å²) in [6, 6.07) is 3.24. The third-order valence-corrected chi connectivity index (χ3v) is 5.46. The number of carbonyl (C=O) groups is 2. The lowest BCUT2D eigenvalue weighted by molar-refractivity contribution is 0.0887. The minimum Gasteiger partial charge on any atom is -0.346 e. The zero-order chi connectivity index (χ0) is 19.7. The van der Waals surface area contributed by atoms with Gasteiger partial charge in [-0.2, -0.15) is 0 Å². The van der Waals surface area contributed by atoms with E-state index in [4.69, 9.17) is 0 Å². The Kier molecular flexibility index (Phi) is 5.08. The maximum absolute atomic E-state index is 12.7. The number of fused-ring (bicyclic) bond motifs is 1. The second-order valence-corrected chi connectivity index (χ2v) is 7.72. The van der Waals surface area contributed by atoms with E-state index in [1.807, 2.05) is 6.07 Å². The summed E-state index contributed by atoms with van der Waals surface area (Å²) in [6.45, 7) is 1.79. The van der Waals surface area contributed by atoms with Crippen LogP contribution < -0.4 is 10.6 Å². The van der Waals surface area contributed by atoms with Crippen LogP contribution in [-0.4, -0.2) is 43.8 Å². The molecule has 0 radical (unpaired) electrons. The summed E-state index contributed by atoms with van der Waals surface area (Å²) in [7, 11) is 0. The van der Waals surface area contributed by atoms with E-state index in [0.29, 0.717) is 22.7 Å². The van der Waals surface area contributed by atoms with Gasteiger partial charge in [0.2, 0.25) is 0 Å². The number of amides is 2. The molecule has 3 N–H and O–H groups in total. The molecular weight excluding hydrogens is 424 g/mol. The van der Waals surface area contributed by atoms with Crippen molar-refractivity contribution in [3.05, 3.63) is 52.4 Å². The van der Waals surface area contributed by atoms with Crippen LogP contribution in [0.3, 0.4) is 0 Å². The van der Waals surface area contributed by atoms with Crippen LogP contribution in [0.25, 0.3) is 10.9 Å². The normalized spacial score (nSPS) is 18.9. The zero-order valence-corrected chi connectivity index (χ0v) is 16.8. The molecule has 3 aromatic heterocycles. The third-order valence-electron chi connectivity index (χ3n) is 4.88. The number of halogens is 1. The maximum Gasteiger partial charge on any atom is 0.270 e. The van der Waals surface area contributed by atoms with Gasteiger partial charge in [0, 0.05) is 29.9 Å². The van der Waals surface area contributed by atoms with E-state index in [-0.39, 0.29) is 23.9 Å². The van der Waals surface area contributed by atoms with Crippen LogP contribution in [0.4, 0.5) is 0 Å². The summed E-state index contributed by atoms with van der Waals surface area (Å²) in [6.07, 6.45) is 7.41. The molecule has 28 heavy (non-hydrogen) atoms. The number of H-pyrrole nitrogens is 1. The van der Waals surface area contributed by atoms with Crippen LogP contribution >= 0.6 is 15.9 Å². The van der Waals surface area contributed by atoms with E-state index in [0.717, 1.165) is 29.1 Å². The van der Waals surface area contributed by atoms with Gasteiger partial charge in [-0.1, -0.05) is 0 Å². The highest BCUT2D eigenvalue weighted by Gasteiger charge is 2.31. The predicted octanol–water partition coefficient (Wildman–Crippen LogP) is 2.50. The fraction of sp³-hybridized carbons (Fsp3) is 0.316. The molecule has 8 nitrogen and oxygen atoms in total. The largest absolute Gasteiger partial charge is 0.346 e. The van der Waals surface area contributed by atoms with Gasteiger partial charge in [-0.05, 0) is 54.2 Å². The Morgan fingerprint density at radius 1 is 1.11 bits per heavy atom. The summed E-state index contributed by atoms with van der Waals surface area (Å²) in [5.74, 6) is 0.214. The summed E-state index contributed by atoms with van der Waals surface area (Å²) < 4.78 is 0.737. The average molecular weight is 443 g/mol. The first-order valence-electron chi connectivity index (χ1n) is 9.05. The van der Waals surface area contributed by atoms with Crippen LogP contribution in [0.2, 0.25) is 0 Å². The summed E-state index contributed by atoms with van der Waals surface area (Å²) in [5.41, 5.74) is 1.44. The van der Waals surface area contributed by atoms with Crippen LogP contribution in [-0.2, 0) is 0 Å². The lowest BCUT2D eigenvalue weighted by Crippen LogP contribution is -2.48. The number of nitrogens with zero attached hydrogens (tertiary/aromatic N) is 3. The Morgan fingerprint density at radius 2 is 1.86 bits per heavy atom. The number of pyridine rings is 2. The molecule has 2 amide bonds. The standard InChI is InChI=1S/C19H19BrN6O2/c1-10-22-9-16(23-10)19(28)26-14-4-2-3-13(14)25-18(27)15-6-5-11-7-21-8-12(20)17(11)24-15/h5-9,13-14H,2-4H2,1H3,(H,22,23)(H,25,27)(H,26,28)/t13-,14+/m0/s1. The zero-order valence-electron chi connectivity index (χ0n) is 15.2. The molecule has 1 aliphatic carbocycles. The van der Waals surface area contributed by atoms with Gasteiger partial charge in [-0.25, -0.2) is 9.97 Å². The number of rotatable bonds is 4. The number of aromatic amines is 1. The molecule has 0 saturated heterocycles. The predicted molar refractivity (Wildman–Crippen MR) is 107 cm³/mol. The van der Waals surface area contributed by atoms with Crippen molar-refractivity contribution in [2.24, 2.45) is 0 Å². The van der Waals surface area contributed by atoms with Crippen LogP contribution in [0.15, 0.2) is 35.2 Å². The number of hydrogen-bond acceptors (Lipinski definition) is 5. The smallest absolute Gasteiger partial charge is 0.270 e. The van der Waals surface area contributed by atoms with Crippen molar-refractivity contribution in [2.45, 2.75) is 38.3 Å². The molecule has 2 atom stereocenters. The fourth-order valence-electron chi connectivity index (χ4n) is 3.47. The Labute approximate surface area is 169 Å². The first-order chi connectivity index (χ1) is 13.5. The highest BCUT2D eigenvalue weighted by Crippen LogP contribution is 2.22. The Hall–Kier alpha value is -2.81. The molecule has 0 spiro atoms. The van der Waals surface area contributed by atoms with E-state index in [2.05, 4.69) is 46.5 Å². The van der Waals surface area contributed by atoms with Gasteiger partial charge in [0.1, 0.15) is 17.2 Å². The van der Waals surface area contributed by atoms with Gasteiger partial charge in [-0.3, -0.25) is 14.6 Å². The van der Waals surface area contributed by atoms with Crippen LogP contribution in [0.5, 0.6) is 0 Å². The van der Waals surface area contributed by atoms with E-state index in [9.17, 15) is 9.59 Å². The van der Waals surface area contributed by atoms with Gasteiger partial charge in [0.25, 0.3) is 11.8 Å². The van der Waals surface area contributed by atoms with Crippen molar-refractivity contribution in [2.75, 3.05) is 0 Å². The molecule has 1 fully saturated rings. The molecule has 9 heteroatoms. The summed E-state index contributed by atoms with van der Waals surface area (Å²) in [5, 5.41) is 6.87. The SMILES string of the molecule is Cc1ncc(C(=O)N[C@@H]2CCC[C@@H]2NC(=O)c2ccc3cncc(Br)c3n2)[nH]1. The minimum absolute atomic E-state index is 0.128. The Balaban J connectivity index is 1.46. The molecule has 0 unspecified atom stereocenters. The molecule has 0 aromatic carbocycles. The molecule has 3 aromatic rings. The van der Waals surface area contributed by atoms with Gasteiger partial charge in [0.15, 0.2) is 0 Å². The van der Waals surface area contributed by atoms with Crippen molar-refractivity contribution in [1.29, 1.82) is 0 Å². The number of aryl methyl sites for hydroxylation is 1. The number of nitrogens with one attached hydrogen (secondary N) is 3. The van der Waals surface area contributed by atoms with Crippen molar-refractivity contribution in [1.82, 2.24) is 30.6 Å². The molecule has 0 bridgehead atoms. The molecule has 1 aliphatic rings. The Bertz CT molecular complexity index is 1050. The van der Waals surface area contributed by atoms with Crippen molar-refractivity contribution >= 4 is 38.6 Å². The molecule has 1 saturated carbocycles. The summed E-state index contributed by atoms with van der Waals surface area (Å²) in [4.78, 5) is 40.6. The van der Waals surface area contributed by atoms with E-state index < -0.39 is 0 Å². The monoisotopic (exact) mass is 442 g/mol. The quantitative estimate of drug-likeness (QED) is 0.574. The fourth-order valence-corrected chi connectivity index (χ4v) is 3.90. The molecule has 3 heterocycles. The van der Waals surface area contributed by atoms with Gasteiger partial charge in [-0.15, -0.1) is 0 Å². The maximum atomic E-state index is 12.7. The average Bonchev–Trinajstić information content (AvgIpc) is 3.31. The topological polar surface area (TPSA) is 113 Å². The number of aromatic nitrogens is 4. The molecule has 144 valence electrons. The van der Waals surface area contributed by atoms with E-state index >= 15 is 0 Å². The van der Waals surface area contributed by atoms with E-state index in [1.165, 1.54) is 6.20 Å². The highest BCUT2D eigenvalue weighted by atomic mass is 79.9. The first kappa shape index (κ1) is 18.5. The lowest BCUT2D eigenvalue weighted by atomic mass is 10.1. The van der Waals surface area contributed by atoms with E-state index in [1.54, 1.807) is 25.4 Å². The van der Waals surface area contributed by atoms with Crippen LogP contribution in [0, 0.1) is 6.92 Å². The van der Waals surface area contributed by atoms with Gasteiger partial charge in [0.05, 0.1) is 16.2 Å². The van der Waals surface area contributed by atoms with Crippen molar-refractivity contribution < 1.29 is 9.59 Å². The number of hydrogen-bond donors (Lipinski definition) is 3.